The summed E-state index contributed by atoms with van der Waals surface area (Å²) < 4.78 is 7.38. The van der Waals surface area contributed by atoms with Gasteiger partial charge in [-0.1, -0.05) is 11.6 Å². The zero-order valence-electron chi connectivity index (χ0n) is 20.9. The Balaban J connectivity index is 1.15. The number of fused-ring (bicyclic) bond motifs is 1. The van der Waals surface area contributed by atoms with Crippen molar-refractivity contribution in [1.82, 2.24) is 34.3 Å². The first-order valence-corrected chi connectivity index (χ1v) is 12.9. The first kappa shape index (κ1) is 24.4. The van der Waals surface area contributed by atoms with Crippen LogP contribution in [0.2, 0.25) is 5.02 Å². The molecule has 196 valence electrons. The first-order valence-electron chi connectivity index (χ1n) is 12.5. The van der Waals surface area contributed by atoms with Crippen LogP contribution in [0.5, 0.6) is 0 Å². The number of aryl methyl sites for hydroxylation is 1. The minimum atomic E-state index is -0.334. The van der Waals surface area contributed by atoms with Gasteiger partial charge in [-0.15, -0.1) is 0 Å². The van der Waals surface area contributed by atoms with Gasteiger partial charge in [0.2, 0.25) is 5.95 Å². The number of rotatable bonds is 5. The van der Waals surface area contributed by atoms with Crippen molar-refractivity contribution in [3.8, 4) is 11.4 Å². The molecule has 2 amide bonds. The number of amides is 2. The second-order valence-corrected chi connectivity index (χ2v) is 9.95. The number of aromatic nitrogens is 5. The van der Waals surface area contributed by atoms with E-state index >= 15 is 0 Å². The van der Waals surface area contributed by atoms with E-state index in [-0.39, 0.29) is 17.9 Å². The lowest BCUT2D eigenvalue weighted by Gasteiger charge is -2.35. The molecule has 0 spiro atoms. The Kier molecular flexibility index (Phi) is 6.46. The Morgan fingerprint density at radius 3 is 2.66 bits per heavy atom. The lowest BCUT2D eigenvalue weighted by Crippen LogP contribution is -2.52. The van der Waals surface area contributed by atoms with Gasteiger partial charge in [0.05, 0.1) is 22.6 Å². The van der Waals surface area contributed by atoms with E-state index in [2.05, 4.69) is 25.3 Å². The summed E-state index contributed by atoms with van der Waals surface area (Å²) in [6, 6.07) is 7.25. The summed E-state index contributed by atoms with van der Waals surface area (Å²) in [4.78, 5) is 45.8. The molecule has 4 aromatic rings. The number of hydrogen-bond acceptors (Lipinski definition) is 7. The van der Waals surface area contributed by atoms with Crippen molar-refractivity contribution < 1.29 is 14.3 Å². The molecule has 5 heterocycles. The summed E-state index contributed by atoms with van der Waals surface area (Å²) in [6.07, 6.45) is 6.62. The number of nitrogens with zero attached hydrogens (tertiary/aromatic N) is 6. The molecule has 2 aliphatic heterocycles. The minimum absolute atomic E-state index is 0.0292. The van der Waals surface area contributed by atoms with E-state index < -0.39 is 0 Å². The van der Waals surface area contributed by atoms with E-state index in [9.17, 15) is 9.59 Å². The normalized spacial score (nSPS) is 17.8. The number of halogens is 1. The fourth-order valence-electron chi connectivity index (χ4n) is 4.90. The van der Waals surface area contributed by atoms with Crippen molar-refractivity contribution in [3.63, 3.8) is 0 Å². The van der Waals surface area contributed by atoms with Gasteiger partial charge in [0.15, 0.2) is 0 Å². The third kappa shape index (κ3) is 4.82. The van der Waals surface area contributed by atoms with E-state index in [1.54, 1.807) is 40.5 Å². The van der Waals surface area contributed by atoms with E-state index in [1.165, 1.54) is 0 Å². The zero-order chi connectivity index (χ0) is 26.2. The van der Waals surface area contributed by atoms with Gasteiger partial charge in [-0.2, -0.15) is 0 Å². The van der Waals surface area contributed by atoms with Crippen molar-refractivity contribution in [2.45, 2.75) is 18.9 Å². The van der Waals surface area contributed by atoms with Gasteiger partial charge in [-0.25, -0.2) is 15.0 Å². The Labute approximate surface area is 223 Å². The second kappa shape index (κ2) is 10.1. The van der Waals surface area contributed by atoms with Crippen molar-refractivity contribution >= 4 is 46.0 Å². The predicted molar refractivity (Wildman–Crippen MR) is 142 cm³/mol. The van der Waals surface area contributed by atoms with Crippen LogP contribution in [0.3, 0.4) is 0 Å². The predicted octanol–water partition coefficient (Wildman–Crippen LogP) is 3.22. The second-order valence-electron chi connectivity index (χ2n) is 9.54. The molecular formula is C26H27ClN8O3. The fourth-order valence-corrected chi connectivity index (χ4v) is 5.17. The zero-order valence-corrected chi connectivity index (χ0v) is 21.6. The highest BCUT2D eigenvalue weighted by Gasteiger charge is 2.32. The Bertz CT molecular complexity index is 1500. The number of H-pyrrole nitrogens is 1. The van der Waals surface area contributed by atoms with Crippen LogP contribution in [0.25, 0.3) is 22.3 Å². The lowest BCUT2D eigenvalue weighted by molar-refractivity contribution is -0.142. The summed E-state index contributed by atoms with van der Waals surface area (Å²) in [5.41, 5.74) is 3.27. The van der Waals surface area contributed by atoms with Gasteiger partial charge in [0.25, 0.3) is 11.8 Å². The molecule has 0 bridgehead atoms. The number of hydrogen-bond donors (Lipinski definition) is 2. The molecule has 1 aromatic carbocycles. The topological polar surface area (TPSA) is 121 Å². The van der Waals surface area contributed by atoms with Gasteiger partial charge in [0, 0.05) is 63.3 Å². The number of piperazine rings is 1. The maximum absolute atomic E-state index is 13.2. The minimum Gasteiger partial charge on any atom is -0.368 e. The number of aromatic amines is 1. The number of ether oxygens (including phenoxy) is 1. The van der Waals surface area contributed by atoms with Gasteiger partial charge in [-0.3, -0.25) is 9.59 Å². The fraction of sp³-hybridized carbons (Fsp3) is 0.346. The summed E-state index contributed by atoms with van der Waals surface area (Å²) in [5.74, 6) is 0.315. The molecule has 0 aliphatic carbocycles. The number of nitrogens with one attached hydrogen (secondary N) is 2. The number of carbonyl (C=O) groups excluding carboxylic acids is 2. The maximum atomic E-state index is 13.2. The average molecular weight is 535 g/mol. The van der Waals surface area contributed by atoms with Crippen LogP contribution in [-0.4, -0.2) is 85.0 Å². The number of benzene rings is 1. The van der Waals surface area contributed by atoms with E-state index in [0.717, 1.165) is 23.9 Å². The van der Waals surface area contributed by atoms with Crippen molar-refractivity contribution in [3.05, 3.63) is 53.7 Å². The molecule has 1 unspecified atom stereocenters. The standard InChI is InChI=1S/C26H27ClN8O3/c1-33-14-21(29-15-33)19-4-5-28-26(32-19)30-17-11-16-12-20(31-23(16)18(27)13-17)24(36)34-6-8-35(9-7-34)25(37)22-3-2-10-38-22/h4-5,11-15,22,31H,2-3,6-10H2,1H3,(H,28,30,32). The highest BCUT2D eigenvalue weighted by molar-refractivity contribution is 6.35. The third-order valence-electron chi connectivity index (χ3n) is 6.87. The molecule has 11 nitrogen and oxygen atoms in total. The van der Waals surface area contributed by atoms with Crippen molar-refractivity contribution in [2.24, 2.45) is 7.05 Å². The summed E-state index contributed by atoms with van der Waals surface area (Å²) in [6.45, 7) is 2.57. The van der Waals surface area contributed by atoms with Crippen LogP contribution >= 0.6 is 11.6 Å². The Hall–Kier alpha value is -3.96. The smallest absolute Gasteiger partial charge is 0.270 e. The molecule has 3 aromatic heterocycles. The quantitative estimate of drug-likeness (QED) is 0.403. The number of anilines is 2. The van der Waals surface area contributed by atoms with Crippen LogP contribution in [0, 0.1) is 0 Å². The lowest BCUT2D eigenvalue weighted by atomic mass is 10.2. The monoisotopic (exact) mass is 534 g/mol. The molecule has 6 rings (SSSR count). The highest BCUT2D eigenvalue weighted by Crippen LogP contribution is 2.30. The molecule has 2 saturated heterocycles. The van der Waals surface area contributed by atoms with Crippen LogP contribution in [0.4, 0.5) is 11.6 Å². The van der Waals surface area contributed by atoms with Gasteiger partial charge >= 0.3 is 0 Å². The molecule has 0 radical (unpaired) electrons. The largest absolute Gasteiger partial charge is 0.368 e. The van der Waals surface area contributed by atoms with Gasteiger partial charge in [-0.05, 0) is 37.1 Å². The molecule has 38 heavy (non-hydrogen) atoms. The SMILES string of the molecule is Cn1cnc(-c2ccnc(Nc3cc(Cl)c4[nH]c(C(=O)N5CCN(C(=O)C6CCCO6)CC5)cc4c3)n2)c1. The Morgan fingerprint density at radius 1 is 1.11 bits per heavy atom. The molecular weight excluding hydrogens is 508 g/mol. The molecule has 2 N–H and O–H groups in total. The summed E-state index contributed by atoms with van der Waals surface area (Å²) >= 11 is 6.57. The number of imidazole rings is 1. The van der Waals surface area contributed by atoms with Crippen LogP contribution in [0.15, 0.2) is 43.0 Å². The highest BCUT2D eigenvalue weighted by atomic mass is 35.5. The molecule has 12 heteroatoms. The summed E-state index contributed by atoms with van der Waals surface area (Å²) in [7, 11) is 1.90. The van der Waals surface area contributed by atoms with Crippen LogP contribution in [0.1, 0.15) is 23.3 Å². The summed E-state index contributed by atoms with van der Waals surface area (Å²) in [5, 5.41) is 4.45. The average Bonchev–Trinajstić information content (AvgIpc) is 3.69. The number of carbonyl (C=O) groups is 2. The molecule has 1 atom stereocenters. The Morgan fingerprint density at radius 2 is 1.92 bits per heavy atom. The molecule has 2 fully saturated rings. The third-order valence-corrected chi connectivity index (χ3v) is 7.17. The first-order chi connectivity index (χ1) is 18.4. The van der Waals surface area contributed by atoms with E-state index in [1.807, 2.05) is 23.9 Å². The van der Waals surface area contributed by atoms with E-state index in [4.69, 9.17) is 16.3 Å². The van der Waals surface area contributed by atoms with Gasteiger partial charge in [0.1, 0.15) is 17.5 Å². The van der Waals surface area contributed by atoms with Crippen LogP contribution in [-0.2, 0) is 16.6 Å². The van der Waals surface area contributed by atoms with E-state index in [0.29, 0.717) is 66.3 Å². The van der Waals surface area contributed by atoms with Gasteiger partial charge < -0.3 is 29.4 Å². The van der Waals surface area contributed by atoms with Crippen molar-refractivity contribution in [2.75, 3.05) is 38.1 Å². The molecule has 2 aliphatic rings. The maximum Gasteiger partial charge on any atom is 0.270 e. The van der Waals surface area contributed by atoms with Crippen molar-refractivity contribution in [1.29, 1.82) is 0 Å². The van der Waals surface area contributed by atoms with Crippen LogP contribution < -0.4 is 5.32 Å². The molecule has 0 saturated carbocycles.